The van der Waals surface area contributed by atoms with E-state index >= 15 is 0 Å². The third-order valence-corrected chi connectivity index (χ3v) is 6.51. The van der Waals surface area contributed by atoms with E-state index < -0.39 is 21.7 Å². The monoisotopic (exact) mass is 364 g/mol. The summed E-state index contributed by atoms with van der Waals surface area (Å²) in [6, 6.07) is 11.3. The number of carbonyl (C=O) groups is 1. The second kappa shape index (κ2) is 5.88. The number of amides is 1. The lowest BCUT2D eigenvalue weighted by Crippen LogP contribution is -2.26. The highest BCUT2D eigenvalue weighted by molar-refractivity contribution is 7.92. The predicted molar refractivity (Wildman–Crippen MR) is 92.3 cm³/mol. The van der Waals surface area contributed by atoms with E-state index in [1.54, 1.807) is 24.3 Å². The molecule has 24 heavy (non-hydrogen) atoms. The molecule has 0 saturated carbocycles. The number of nitrogens with zero attached hydrogens (tertiary/aromatic N) is 1. The molecule has 5 nitrogen and oxygen atoms in total. The molecule has 0 aliphatic carbocycles. The zero-order chi connectivity index (χ0) is 17.5. The van der Waals surface area contributed by atoms with Gasteiger partial charge in [0.05, 0.1) is 15.5 Å². The van der Waals surface area contributed by atoms with E-state index in [0.717, 1.165) is 26.5 Å². The molecule has 0 saturated heterocycles. The number of thiophene rings is 1. The lowest BCUT2D eigenvalue weighted by Gasteiger charge is -2.19. The van der Waals surface area contributed by atoms with E-state index in [0.29, 0.717) is 10.6 Å². The van der Waals surface area contributed by atoms with Gasteiger partial charge in [0, 0.05) is 11.7 Å². The van der Waals surface area contributed by atoms with Gasteiger partial charge in [-0.05, 0) is 53.9 Å². The number of halogens is 1. The standard InChI is InChI=1S/C16H13FN2O3S2/c1-19(24(21,22)13-5-2-11(17)3-6-13)12-4-7-14-10(8-12)9-15(23-14)16(18)20/h2-9H,1H3,(H2,18,20). The maximum absolute atomic E-state index is 13.0. The fourth-order valence-corrected chi connectivity index (χ4v) is 4.33. The van der Waals surface area contributed by atoms with E-state index in [1.807, 2.05) is 0 Å². The van der Waals surface area contributed by atoms with Crippen LogP contribution in [0, 0.1) is 5.82 Å². The van der Waals surface area contributed by atoms with Crippen molar-refractivity contribution in [2.75, 3.05) is 11.4 Å². The fourth-order valence-electron chi connectivity index (χ4n) is 2.25. The van der Waals surface area contributed by atoms with Gasteiger partial charge in [0.15, 0.2) is 0 Å². The Balaban J connectivity index is 2.02. The first-order chi connectivity index (χ1) is 11.3. The van der Waals surface area contributed by atoms with Gasteiger partial charge in [-0.2, -0.15) is 0 Å². The lowest BCUT2D eigenvalue weighted by molar-refractivity contribution is 0.100. The highest BCUT2D eigenvalue weighted by Gasteiger charge is 2.21. The number of nitrogens with two attached hydrogens (primary N) is 1. The minimum absolute atomic E-state index is 0.00496. The molecule has 0 aliphatic heterocycles. The molecule has 2 N–H and O–H groups in total. The first kappa shape index (κ1) is 16.4. The summed E-state index contributed by atoms with van der Waals surface area (Å²) in [5, 5.41) is 0.729. The van der Waals surface area contributed by atoms with E-state index in [9.17, 15) is 17.6 Å². The van der Waals surface area contributed by atoms with Gasteiger partial charge in [-0.1, -0.05) is 0 Å². The van der Waals surface area contributed by atoms with Gasteiger partial charge in [0.2, 0.25) is 0 Å². The van der Waals surface area contributed by atoms with Crippen molar-refractivity contribution in [1.82, 2.24) is 0 Å². The number of hydrogen-bond donors (Lipinski definition) is 1. The summed E-state index contributed by atoms with van der Waals surface area (Å²) in [5.41, 5.74) is 5.70. The van der Waals surface area contributed by atoms with Gasteiger partial charge in [0.25, 0.3) is 15.9 Å². The van der Waals surface area contributed by atoms with E-state index in [2.05, 4.69) is 0 Å². The van der Waals surface area contributed by atoms with E-state index in [4.69, 9.17) is 5.73 Å². The molecule has 0 aliphatic rings. The highest BCUT2D eigenvalue weighted by atomic mass is 32.2. The molecule has 124 valence electrons. The molecule has 1 heterocycles. The van der Waals surface area contributed by atoms with Crippen LogP contribution in [0.5, 0.6) is 0 Å². The van der Waals surface area contributed by atoms with Crippen LogP contribution in [0.4, 0.5) is 10.1 Å². The summed E-state index contributed by atoms with van der Waals surface area (Å²) in [7, 11) is -2.39. The average Bonchev–Trinajstić information content (AvgIpc) is 2.98. The van der Waals surface area contributed by atoms with Crippen LogP contribution in [0.2, 0.25) is 0 Å². The molecule has 0 atom stereocenters. The van der Waals surface area contributed by atoms with E-state index in [-0.39, 0.29) is 4.90 Å². The molecule has 8 heteroatoms. The Morgan fingerprint density at radius 2 is 1.79 bits per heavy atom. The Morgan fingerprint density at radius 3 is 2.42 bits per heavy atom. The molecule has 1 amide bonds. The number of carbonyl (C=O) groups excluding carboxylic acids is 1. The normalized spacial score (nSPS) is 11.6. The van der Waals surface area contributed by atoms with Crippen LogP contribution in [0.3, 0.4) is 0 Å². The third-order valence-electron chi connectivity index (χ3n) is 3.58. The van der Waals surface area contributed by atoms with Crippen LogP contribution in [0.25, 0.3) is 10.1 Å². The molecule has 0 radical (unpaired) electrons. The van der Waals surface area contributed by atoms with Crippen LogP contribution >= 0.6 is 11.3 Å². The number of anilines is 1. The molecule has 1 aromatic heterocycles. The minimum Gasteiger partial charge on any atom is -0.365 e. The van der Waals surface area contributed by atoms with Gasteiger partial charge in [0.1, 0.15) is 5.82 Å². The SMILES string of the molecule is CN(c1ccc2sc(C(N)=O)cc2c1)S(=O)(=O)c1ccc(F)cc1. The van der Waals surface area contributed by atoms with Gasteiger partial charge in [-0.25, -0.2) is 12.8 Å². The number of primary amides is 1. The molecule has 2 aromatic carbocycles. The van der Waals surface area contributed by atoms with Crippen LogP contribution in [-0.2, 0) is 10.0 Å². The van der Waals surface area contributed by atoms with Crippen molar-refractivity contribution in [3.05, 3.63) is 59.2 Å². The van der Waals surface area contributed by atoms with Gasteiger partial charge >= 0.3 is 0 Å². The Hall–Kier alpha value is -2.45. The highest BCUT2D eigenvalue weighted by Crippen LogP contribution is 2.31. The Labute approximate surface area is 142 Å². The van der Waals surface area contributed by atoms with Crippen molar-refractivity contribution < 1.29 is 17.6 Å². The first-order valence-corrected chi connectivity index (χ1v) is 9.12. The van der Waals surface area contributed by atoms with Crippen molar-refractivity contribution in [3.8, 4) is 0 Å². The number of rotatable bonds is 4. The molecule has 0 bridgehead atoms. The maximum atomic E-state index is 13.0. The van der Waals surface area contributed by atoms with Crippen molar-refractivity contribution in [2.24, 2.45) is 5.73 Å². The summed E-state index contributed by atoms with van der Waals surface area (Å²) in [5.74, 6) is -1.03. The summed E-state index contributed by atoms with van der Waals surface area (Å²) in [6.07, 6.45) is 0. The third kappa shape index (κ3) is 2.85. The largest absolute Gasteiger partial charge is 0.365 e. The van der Waals surface area contributed by atoms with Crippen molar-refractivity contribution in [3.63, 3.8) is 0 Å². The molecular weight excluding hydrogens is 351 g/mol. The summed E-state index contributed by atoms with van der Waals surface area (Å²) in [4.78, 5) is 11.7. The zero-order valence-corrected chi connectivity index (χ0v) is 14.2. The summed E-state index contributed by atoms with van der Waals surface area (Å²) >= 11 is 1.25. The fraction of sp³-hybridized carbons (Fsp3) is 0.0625. The van der Waals surface area contributed by atoms with Gasteiger partial charge in [-0.15, -0.1) is 11.3 Å². The Bertz CT molecular complexity index is 1030. The molecule has 3 aromatic rings. The van der Waals surface area contributed by atoms with Crippen LogP contribution < -0.4 is 10.0 Å². The second-order valence-corrected chi connectivity index (χ2v) is 8.18. The number of fused-ring (bicyclic) bond motifs is 1. The number of hydrogen-bond acceptors (Lipinski definition) is 4. The minimum atomic E-state index is -3.81. The Kier molecular flexibility index (Phi) is 4.02. The molecule has 0 spiro atoms. The van der Waals surface area contributed by atoms with Crippen LogP contribution in [0.1, 0.15) is 9.67 Å². The lowest BCUT2D eigenvalue weighted by atomic mass is 10.2. The molecule has 0 unspecified atom stereocenters. The van der Waals surface area contributed by atoms with Crippen molar-refractivity contribution >= 4 is 43.0 Å². The molecular formula is C16H13FN2O3S2. The second-order valence-electron chi connectivity index (χ2n) is 5.12. The van der Waals surface area contributed by atoms with E-state index in [1.165, 1.54) is 30.5 Å². The topological polar surface area (TPSA) is 80.5 Å². The number of sulfonamides is 1. The summed E-state index contributed by atoms with van der Waals surface area (Å²) in [6.45, 7) is 0. The predicted octanol–water partition coefficient (Wildman–Crippen LogP) is 2.96. The molecule has 3 rings (SSSR count). The zero-order valence-electron chi connectivity index (χ0n) is 12.6. The first-order valence-electron chi connectivity index (χ1n) is 6.87. The van der Waals surface area contributed by atoms with Crippen LogP contribution in [-0.4, -0.2) is 21.4 Å². The van der Waals surface area contributed by atoms with Gasteiger partial charge in [-0.3, -0.25) is 9.10 Å². The van der Waals surface area contributed by atoms with Crippen molar-refractivity contribution in [2.45, 2.75) is 4.90 Å². The van der Waals surface area contributed by atoms with Crippen LogP contribution in [0.15, 0.2) is 53.4 Å². The smallest absolute Gasteiger partial charge is 0.264 e. The van der Waals surface area contributed by atoms with Crippen molar-refractivity contribution in [1.29, 1.82) is 0 Å². The average molecular weight is 364 g/mol. The maximum Gasteiger partial charge on any atom is 0.264 e. The van der Waals surface area contributed by atoms with Gasteiger partial charge < -0.3 is 5.73 Å². The quantitative estimate of drug-likeness (QED) is 0.773. The number of benzene rings is 2. The summed E-state index contributed by atoms with van der Waals surface area (Å²) < 4.78 is 40.2. The Morgan fingerprint density at radius 1 is 1.12 bits per heavy atom. The molecule has 0 fully saturated rings.